The van der Waals surface area contributed by atoms with Gasteiger partial charge in [-0.15, -0.1) is 0 Å². The highest BCUT2D eigenvalue weighted by atomic mass is 16.5. The van der Waals surface area contributed by atoms with Gasteiger partial charge in [0.1, 0.15) is 5.75 Å². The Morgan fingerprint density at radius 2 is 2.18 bits per heavy atom. The summed E-state index contributed by atoms with van der Waals surface area (Å²) >= 11 is 0. The van der Waals surface area contributed by atoms with Gasteiger partial charge in [0.15, 0.2) is 5.75 Å². The molecule has 0 aliphatic rings. The van der Waals surface area contributed by atoms with Crippen molar-refractivity contribution in [2.45, 2.75) is 19.4 Å². The van der Waals surface area contributed by atoms with E-state index in [0.717, 1.165) is 5.56 Å². The standard InChI is InChI=1S/C13H16N2O2/c1-3-12(16)11-6-4-5-7-13(11)17-10-8-14-15(2)9-10/h4-9,12,16H,3H2,1-2H3/t12-/m1/s1. The second-order valence-corrected chi connectivity index (χ2v) is 3.91. The van der Waals surface area contributed by atoms with E-state index < -0.39 is 6.10 Å². The Bertz CT molecular complexity index is 494. The highest BCUT2D eigenvalue weighted by Crippen LogP contribution is 2.30. The highest BCUT2D eigenvalue weighted by Gasteiger charge is 2.12. The summed E-state index contributed by atoms with van der Waals surface area (Å²) in [6.07, 6.45) is 3.60. The van der Waals surface area contributed by atoms with Crippen LogP contribution >= 0.6 is 0 Å². The number of para-hydroxylation sites is 1. The largest absolute Gasteiger partial charge is 0.454 e. The van der Waals surface area contributed by atoms with Crippen LogP contribution < -0.4 is 4.74 Å². The molecule has 0 aliphatic heterocycles. The van der Waals surface area contributed by atoms with Crippen LogP contribution in [0.5, 0.6) is 11.5 Å². The average Bonchev–Trinajstić information content (AvgIpc) is 2.74. The van der Waals surface area contributed by atoms with E-state index in [1.54, 1.807) is 17.1 Å². The van der Waals surface area contributed by atoms with Crippen LogP contribution in [0.2, 0.25) is 0 Å². The minimum atomic E-state index is -0.497. The fourth-order valence-electron chi connectivity index (χ4n) is 1.65. The molecule has 0 amide bonds. The number of nitrogens with zero attached hydrogens (tertiary/aromatic N) is 2. The molecule has 0 radical (unpaired) electrons. The van der Waals surface area contributed by atoms with Crippen LogP contribution in [0.3, 0.4) is 0 Å². The maximum atomic E-state index is 9.89. The molecule has 1 aromatic heterocycles. The minimum absolute atomic E-state index is 0.497. The molecule has 1 atom stereocenters. The Labute approximate surface area is 100 Å². The fraction of sp³-hybridized carbons (Fsp3) is 0.308. The molecule has 4 heteroatoms. The molecule has 2 rings (SSSR count). The van der Waals surface area contributed by atoms with Crippen LogP contribution in [0, 0.1) is 0 Å². The summed E-state index contributed by atoms with van der Waals surface area (Å²) < 4.78 is 7.38. The van der Waals surface area contributed by atoms with Gasteiger partial charge in [-0.25, -0.2) is 0 Å². The Balaban J connectivity index is 2.26. The van der Waals surface area contributed by atoms with Gasteiger partial charge in [0.25, 0.3) is 0 Å². The second-order valence-electron chi connectivity index (χ2n) is 3.91. The fourth-order valence-corrected chi connectivity index (χ4v) is 1.65. The Hall–Kier alpha value is -1.81. The summed E-state index contributed by atoms with van der Waals surface area (Å²) in [6.45, 7) is 1.94. The number of ether oxygens (including phenoxy) is 1. The quantitative estimate of drug-likeness (QED) is 0.881. The maximum Gasteiger partial charge on any atom is 0.165 e. The van der Waals surface area contributed by atoms with Gasteiger partial charge in [-0.05, 0) is 12.5 Å². The molecule has 0 spiro atoms. The lowest BCUT2D eigenvalue weighted by atomic mass is 10.1. The predicted octanol–water partition coefficient (Wildman–Crippen LogP) is 2.66. The average molecular weight is 232 g/mol. The van der Waals surface area contributed by atoms with Crippen molar-refractivity contribution in [3.63, 3.8) is 0 Å². The zero-order chi connectivity index (χ0) is 12.3. The van der Waals surface area contributed by atoms with Crippen molar-refractivity contribution in [3.05, 3.63) is 42.2 Å². The molecule has 2 aromatic rings. The van der Waals surface area contributed by atoms with Crippen LogP contribution in [0.15, 0.2) is 36.7 Å². The first-order valence-corrected chi connectivity index (χ1v) is 5.64. The van der Waals surface area contributed by atoms with Gasteiger partial charge >= 0.3 is 0 Å². The predicted molar refractivity (Wildman–Crippen MR) is 65.0 cm³/mol. The molecule has 17 heavy (non-hydrogen) atoms. The summed E-state index contributed by atoms with van der Waals surface area (Å²) in [6, 6.07) is 7.50. The minimum Gasteiger partial charge on any atom is -0.454 e. The van der Waals surface area contributed by atoms with Crippen molar-refractivity contribution in [2.75, 3.05) is 0 Å². The maximum absolute atomic E-state index is 9.89. The molecule has 1 heterocycles. The second kappa shape index (κ2) is 5.01. The lowest BCUT2D eigenvalue weighted by Crippen LogP contribution is -1.98. The van der Waals surface area contributed by atoms with Gasteiger partial charge in [0.05, 0.1) is 18.5 Å². The van der Waals surface area contributed by atoms with Gasteiger partial charge in [0, 0.05) is 12.6 Å². The van der Waals surface area contributed by atoms with Gasteiger partial charge in [-0.1, -0.05) is 25.1 Å². The van der Waals surface area contributed by atoms with E-state index in [1.807, 2.05) is 38.2 Å². The number of hydrogen-bond acceptors (Lipinski definition) is 3. The monoisotopic (exact) mass is 232 g/mol. The molecule has 0 aliphatic carbocycles. The van der Waals surface area contributed by atoms with Crippen molar-refractivity contribution in [3.8, 4) is 11.5 Å². The SMILES string of the molecule is CC[C@@H](O)c1ccccc1Oc1cnn(C)c1. The summed E-state index contributed by atoms with van der Waals surface area (Å²) in [5, 5.41) is 13.9. The third-order valence-electron chi connectivity index (χ3n) is 2.57. The topological polar surface area (TPSA) is 47.3 Å². The van der Waals surface area contributed by atoms with Crippen LogP contribution in [-0.2, 0) is 7.05 Å². The molecule has 0 saturated heterocycles. The van der Waals surface area contributed by atoms with Gasteiger partial charge in [-0.3, -0.25) is 4.68 Å². The van der Waals surface area contributed by atoms with Crippen molar-refractivity contribution in [1.82, 2.24) is 9.78 Å². The van der Waals surface area contributed by atoms with Crippen LogP contribution in [0.1, 0.15) is 25.0 Å². The van der Waals surface area contributed by atoms with E-state index in [4.69, 9.17) is 4.74 Å². The number of aliphatic hydroxyl groups is 1. The summed E-state index contributed by atoms with van der Waals surface area (Å²) in [4.78, 5) is 0. The van der Waals surface area contributed by atoms with Crippen molar-refractivity contribution < 1.29 is 9.84 Å². The van der Waals surface area contributed by atoms with Crippen molar-refractivity contribution in [1.29, 1.82) is 0 Å². The number of aryl methyl sites for hydroxylation is 1. The van der Waals surface area contributed by atoms with Crippen LogP contribution in [-0.4, -0.2) is 14.9 Å². The molecule has 4 nitrogen and oxygen atoms in total. The molecule has 0 fully saturated rings. The van der Waals surface area contributed by atoms with E-state index >= 15 is 0 Å². The summed E-state index contributed by atoms with van der Waals surface area (Å²) in [5.41, 5.74) is 0.804. The molecule has 0 unspecified atom stereocenters. The molecule has 1 aromatic carbocycles. The molecule has 0 bridgehead atoms. The third kappa shape index (κ3) is 2.65. The first-order chi connectivity index (χ1) is 8.20. The van der Waals surface area contributed by atoms with Crippen LogP contribution in [0.4, 0.5) is 0 Å². The van der Waals surface area contributed by atoms with Crippen LogP contribution in [0.25, 0.3) is 0 Å². The Kier molecular flexibility index (Phi) is 3.44. The number of aliphatic hydroxyl groups excluding tert-OH is 1. The van der Waals surface area contributed by atoms with Crippen molar-refractivity contribution in [2.24, 2.45) is 7.05 Å². The Morgan fingerprint density at radius 1 is 1.41 bits per heavy atom. The van der Waals surface area contributed by atoms with E-state index in [9.17, 15) is 5.11 Å². The molecule has 1 N–H and O–H groups in total. The smallest absolute Gasteiger partial charge is 0.165 e. The van der Waals surface area contributed by atoms with E-state index in [1.165, 1.54) is 0 Å². The van der Waals surface area contributed by atoms with Gasteiger partial charge in [0.2, 0.25) is 0 Å². The third-order valence-corrected chi connectivity index (χ3v) is 2.57. The zero-order valence-corrected chi connectivity index (χ0v) is 10.00. The van der Waals surface area contributed by atoms with Gasteiger partial charge in [-0.2, -0.15) is 5.10 Å². The first-order valence-electron chi connectivity index (χ1n) is 5.64. The number of hydrogen-bond donors (Lipinski definition) is 1. The summed E-state index contributed by atoms with van der Waals surface area (Å²) in [7, 11) is 1.83. The molecular formula is C13H16N2O2. The number of benzene rings is 1. The van der Waals surface area contributed by atoms with Gasteiger partial charge < -0.3 is 9.84 Å². The van der Waals surface area contributed by atoms with E-state index in [2.05, 4.69) is 5.10 Å². The molecular weight excluding hydrogens is 216 g/mol. The van der Waals surface area contributed by atoms with E-state index in [0.29, 0.717) is 17.9 Å². The number of rotatable bonds is 4. The molecule has 90 valence electrons. The molecule has 0 saturated carbocycles. The normalized spacial score (nSPS) is 12.4. The van der Waals surface area contributed by atoms with E-state index in [-0.39, 0.29) is 0 Å². The number of aromatic nitrogens is 2. The lowest BCUT2D eigenvalue weighted by molar-refractivity contribution is 0.170. The highest BCUT2D eigenvalue weighted by molar-refractivity contribution is 5.38. The van der Waals surface area contributed by atoms with Crippen molar-refractivity contribution >= 4 is 0 Å². The summed E-state index contributed by atoms with van der Waals surface area (Å²) in [5.74, 6) is 1.35. The zero-order valence-electron chi connectivity index (χ0n) is 10.00. The first kappa shape index (κ1) is 11.7. The Morgan fingerprint density at radius 3 is 2.82 bits per heavy atom. The lowest BCUT2D eigenvalue weighted by Gasteiger charge is -2.13.